The van der Waals surface area contributed by atoms with E-state index in [1.165, 1.54) is 0 Å². The topological polar surface area (TPSA) is 43.8 Å². The average Bonchev–Trinajstić information content (AvgIpc) is 2.77. The van der Waals surface area contributed by atoms with E-state index in [0.717, 1.165) is 28.1 Å². The van der Waals surface area contributed by atoms with Crippen molar-refractivity contribution in [2.75, 3.05) is 5.73 Å². The van der Waals surface area contributed by atoms with E-state index in [2.05, 4.69) is 18.4 Å². The summed E-state index contributed by atoms with van der Waals surface area (Å²) in [5, 5.41) is 0.699. The van der Waals surface area contributed by atoms with Gasteiger partial charge in [-0.15, -0.1) is 0 Å². The number of aromatic nitrogens is 2. The van der Waals surface area contributed by atoms with E-state index >= 15 is 0 Å². The van der Waals surface area contributed by atoms with E-state index < -0.39 is 0 Å². The molecule has 2 aromatic carbocycles. The second-order valence-corrected chi connectivity index (χ2v) is 5.59. The van der Waals surface area contributed by atoms with Crippen LogP contribution in [0.25, 0.3) is 22.4 Å². The Morgan fingerprint density at radius 1 is 1.15 bits per heavy atom. The third kappa shape index (κ3) is 2.14. The van der Waals surface area contributed by atoms with Gasteiger partial charge in [0.2, 0.25) is 0 Å². The number of halogens is 1. The molecule has 4 heteroatoms. The predicted octanol–water partition coefficient (Wildman–Crippen LogP) is 4.52. The van der Waals surface area contributed by atoms with E-state index in [9.17, 15) is 0 Å². The first-order chi connectivity index (χ1) is 9.56. The van der Waals surface area contributed by atoms with Crippen molar-refractivity contribution < 1.29 is 0 Å². The van der Waals surface area contributed by atoms with Gasteiger partial charge < -0.3 is 10.3 Å². The number of nitrogens with zero attached hydrogens (tertiary/aromatic N) is 2. The van der Waals surface area contributed by atoms with Gasteiger partial charge >= 0.3 is 0 Å². The lowest BCUT2D eigenvalue weighted by Gasteiger charge is -2.13. The maximum atomic E-state index is 6.06. The van der Waals surface area contributed by atoms with E-state index in [0.29, 0.717) is 11.1 Å². The van der Waals surface area contributed by atoms with Crippen molar-refractivity contribution in [3.05, 3.63) is 47.5 Å². The molecule has 3 aromatic rings. The zero-order valence-electron chi connectivity index (χ0n) is 11.5. The number of imidazole rings is 1. The maximum absolute atomic E-state index is 6.06. The Labute approximate surface area is 123 Å². The van der Waals surface area contributed by atoms with E-state index in [1.807, 2.05) is 42.5 Å². The minimum Gasteiger partial charge on any atom is -0.399 e. The van der Waals surface area contributed by atoms with Gasteiger partial charge in [0.25, 0.3) is 0 Å². The molecule has 0 radical (unpaired) electrons. The molecule has 2 N–H and O–H groups in total. The minimum atomic E-state index is 0.303. The number of nitrogen functional groups attached to an aromatic ring is 1. The molecular formula is C16H16ClN3. The minimum absolute atomic E-state index is 0.303. The Balaban J connectivity index is 2.32. The van der Waals surface area contributed by atoms with Crippen LogP contribution in [0, 0.1) is 0 Å². The highest BCUT2D eigenvalue weighted by molar-refractivity contribution is 6.31. The van der Waals surface area contributed by atoms with Crippen molar-refractivity contribution in [3.8, 4) is 11.4 Å². The summed E-state index contributed by atoms with van der Waals surface area (Å²) in [5.41, 5.74) is 9.63. The normalized spacial score (nSPS) is 11.4. The SMILES string of the molecule is CC(C)n1c(-c2cccc(N)c2)nc2cc(Cl)ccc21. The Bertz CT molecular complexity index is 774. The van der Waals surface area contributed by atoms with Gasteiger partial charge in [0.05, 0.1) is 11.0 Å². The molecule has 0 spiro atoms. The van der Waals surface area contributed by atoms with E-state index in [4.69, 9.17) is 22.3 Å². The largest absolute Gasteiger partial charge is 0.399 e. The first-order valence-corrected chi connectivity index (χ1v) is 6.97. The zero-order valence-corrected chi connectivity index (χ0v) is 12.2. The van der Waals surface area contributed by atoms with Crippen molar-refractivity contribution in [1.82, 2.24) is 9.55 Å². The molecule has 0 aliphatic rings. The number of rotatable bonds is 2. The van der Waals surface area contributed by atoms with Crippen molar-refractivity contribution in [3.63, 3.8) is 0 Å². The van der Waals surface area contributed by atoms with Gasteiger partial charge in [-0.05, 0) is 44.2 Å². The van der Waals surface area contributed by atoms with Crippen LogP contribution in [0.4, 0.5) is 5.69 Å². The fourth-order valence-corrected chi connectivity index (χ4v) is 2.64. The third-order valence-corrected chi connectivity index (χ3v) is 3.55. The number of benzene rings is 2. The summed E-state index contributed by atoms with van der Waals surface area (Å²) in [7, 11) is 0. The lowest BCUT2D eigenvalue weighted by atomic mass is 10.2. The van der Waals surface area contributed by atoms with Crippen LogP contribution in [0.5, 0.6) is 0 Å². The second kappa shape index (κ2) is 4.84. The molecule has 0 unspecified atom stereocenters. The smallest absolute Gasteiger partial charge is 0.141 e. The van der Waals surface area contributed by atoms with Crippen molar-refractivity contribution in [2.45, 2.75) is 19.9 Å². The monoisotopic (exact) mass is 285 g/mol. The lowest BCUT2D eigenvalue weighted by molar-refractivity contribution is 0.624. The van der Waals surface area contributed by atoms with Crippen LogP contribution in [-0.4, -0.2) is 9.55 Å². The van der Waals surface area contributed by atoms with Crippen LogP contribution in [0.15, 0.2) is 42.5 Å². The average molecular weight is 286 g/mol. The lowest BCUT2D eigenvalue weighted by Crippen LogP contribution is -2.03. The van der Waals surface area contributed by atoms with Crippen molar-refractivity contribution in [2.24, 2.45) is 0 Å². The van der Waals surface area contributed by atoms with Gasteiger partial charge in [-0.2, -0.15) is 0 Å². The summed E-state index contributed by atoms with van der Waals surface area (Å²) in [5.74, 6) is 0.921. The molecule has 0 aliphatic carbocycles. The highest BCUT2D eigenvalue weighted by Gasteiger charge is 2.15. The molecule has 0 saturated carbocycles. The molecule has 102 valence electrons. The highest BCUT2D eigenvalue weighted by atomic mass is 35.5. The molecule has 0 bridgehead atoms. The van der Waals surface area contributed by atoms with Crippen LogP contribution >= 0.6 is 11.6 Å². The molecule has 0 saturated heterocycles. The van der Waals surface area contributed by atoms with Gasteiger partial charge in [0, 0.05) is 22.3 Å². The molecule has 1 aromatic heterocycles. The first-order valence-electron chi connectivity index (χ1n) is 6.59. The fraction of sp³-hybridized carbons (Fsp3) is 0.188. The standard InChI is InChI=1S/C16H16ClN3/c1-10(2)20-15-7-6-12(17)9-14(15)19-16(20)11-4-3-5-13(18)8-11/h3-10H,18H2,1-2H3. The molecule has 0 fully saturated rings. The fourth-order valence-electron chi connectivity index (χ4n) is 2.48. The summed E-state index contributed by atoms with van der Waals surface area (Å²) in [6.07, 6.45) is 0. The number of hydrogen-bond acceptors (Lipinski definition) is 2. The summed E-state index contributed by atoms with van der Waals surface area (Å²) >= 11 is 6.06. The quantitative estimate of drug-likeness (QED) is 0.704. The van der Waals surface area contributed by atoms with Gasteiger partial charge in [-0.3, -0.25) is 0 Å². The summed E-state index contributed by atoms with van der Waals surface area (Å²) in [6, 6.07) is 13.9. The second-order valence-electron chi connectivity index (χ2n) is 5.16. The summed E-state index contributed by atoms with van der Waals surface area (Å²) in [6.45, 7) is 4.29. The van der Waals surface area contributed by atoms with E-state index in [1.54, 1.807) is 0 Å². The van der Waals surface area contributed by atoms with E-state index in [-0.39, 0.29) is 0 Å². The van der Waals surface area contributed by atoms with Crippen LogP contribution in [0.1, 0.15) is 19.9 Å². The predicted molar refractivity (Wildman–Crippen MR) is 85.0 cm³/mol. The Morgan fingerprint density at radius 2 is 1.95 bits per heavy atom. The Hall–Kier alpha value is -2.00. The summed E-state index contributed by atoms with van der Waals surface area (Å²) < 4.78 is 2.21. The highest BCUT2D eigenvalue weighted by Crippen LogP contribution is 2.30. The van der Waals surface area contributed by atoms with Crippen molar-refractivity contribution >= 4 is 28.3 Å². The molecular weight excluding hydrogens is 270 g/mol. The molecule has 0 aliphatic heterocycles. The molecule has 0 amide bonds. The van der Waals surface area contributed by atoms with Gasteiger partial charge in [-0.1, -0.05) is 23.7 Å². The third-order valence-electron chi connectivity index (χ3n) is 3.31. The molecule has 0 atom stereocenters. The number of fused-ring (bicyclic) bond motifs is 1. The van der Waals surface area contributed by atoms with Crippen LogP contribution in [-0.2, 0) is 0 Å². The number of hydrogen-bond donors (Lipinski definition) is 1. The summed E-state index contributed by atoms with van der Waals surface area (Å²) in [4.78, 5) is 4.73. The van der Waals surface area contributed by atoms with Gasteiger partial charge in [0.15, 0.2) is 0 Å². The number of anilines is 1. The maximum Gasteiger partial charge on any atom is 0.141 e. The van der Waals surface area contributed by atoms with Gasteiger partial charge in [-0.25, -0.2) is 4.98 Å². The number of nitrogens with two attached hydrogens (primary N) is 1. The van der Waals surface area contributed by atoms with Crippen molar-refractivity contribution in [1.29, 1.82) is 0 Å². The van der Waals surface area contributed by atoms with Gasteiger partial charge in [0.1, 0.15) is 5.82 Å². The molecule has 3 nitrogen and oxygen atoms in total. The Kier molecular flexibility index (Phi) is 3.14. The van der Waals surface area contributed by atoms with Crippen LogP contribution in [0.2, 0.25) is 5.02 Å². The molecule has 1 heterocycles. The molecule has 20 heavy (non-hydrogen) atoms. The first kappa shape index (κ1) is 13.0. The zero-order chi connectivity index (χ0) is 14.3. The van der Waals surface area contributed by atoms with Crippen LogP contribution in [0.3, 0.4) is 0 Å². The van der Waals surface area contributed by atoms with Crippen LogP contribution < -0.4 is 5.73 Å². The molecule has 3 rings (SSSR count). The Morgan fingerprint density at radius 3 is 2.65 bits per heavy atom.